The Bertz CT molecular complexity index is 6180. The lowest BCUT2D eigenvalue weighted by Crippen LogP contribution is -2.25. The third-order valence-corrected chi connectivity index (χ3v) is 22.6. The van der Waals surface area contributed by atoms with E-state index in [9.17, 15) is 0 Å². The summed E-state index contributed by atoms with van der Waals surface area (Å²) in [6.45, 7) is 12.0. The number of para-hydroxylation sites is 2. The number of nitrogens with zero attached hydrogens (tertiary/aromatic N) is 5. The van der Waals surface area contributed by atoms with Crippen molar-refractivity contribution in [1.82, 2.24) is 0 Å². The summed E-state index contributed by atoms with van der Waals surface area (Å²) in [6.07, 6.45) is 3.86. The lowest BCUT2D eigenvalue weighted by Gasteiger charge is -2.39. The van der Waals surface area contributed by atoms with Gasteiger partial charge >= 0.3 is 0 Å². The number of hydrogen-bond donors (Lipinski definition) is 0. The van der Waals surface area contributed by atoms with Crippen LogP contribution in [-0.2, 0) is 6.42 Å². The molecule has 1 atom stereocenters. The average molecular weight is 1400 g/mol. The minimum absolute atomic E-state index is 0.623. The lowest BCUT2D eigenvalue weighted by atomic mass is 9.75. The zero-order chi connectivity index (χ0) is 74.3. The molecule has 0 radical (unpaired) electrons. The van der Waals surface area contributed by atoms with Crippen LogP contribution in [0.25, 0.3) is 120 Å². The van der Waals surface area contributed by atoms with Gasteiger partial charge in [-0.3, -0.25) is 0 Å². The molecule has 0 fully saturated rings. The summed E-state index contributed by atoms with van der Waals surface area (Å²) in [7, 11) is 10.8. The Labute approximate surface area is 637 Å². The Morgan fingerprint density at radius 1 is 0.241 bits per heavy atom. The normalized spacial score (nSPS) is 13.4. The molecule has 108 heavy (non-hydrogen) atoms. The first kappa shape index (κ1) is 69.9. The minimum atomic E-state index is 0.623. The second-order valence-electron chi connectivity index (χ2n) is 28.0. The smallest absolute Gasteiger partial charge is 0.0567 e. The summed E-state index contributed by atoms with van der Waals surface area (Å²) < 4.78 is 0. The zero-order valence-corrected chi connectivity index (χ0v) is 64.0. The van der Waals surface area contributed by atoms with Gasteiger partial charge in [-0.05, 0) is 167 Å². The van der Waals surface area contributed by atoms with Crippen LogP contribution in [0.1, 0.15) is 77.0 Å². The van der Waals surface area contributed by atoms with Crippen LogP contribution >= 0.6 is 0 Å². The molecule has 0 saturated carbocycles. The van der Waals surface area contributed by atoms with Crippen LogP contribution in [0.5, 0.6) is 0 Å². The molecule has 5 nitrogen and oxygen atoms in total. The van der Waals surface area contributed by atoms with E-state index in [1.54, 1.807) is 11.1 Å². The maximum absolute atomic E-state index is 2.36. The molecule has 0 bridgehead atoms. The van der Waals surface area contributed by atoms with Crippen LogP contribution < -0.4 is 24.5 Å². The first-order chi connectivity index (χ1) is 53.2. The van der Waals surface area contributed by atoms with Gasteiger partial charge in [0.2, 0.25) is 0 Å². The molecular formula is C103H93N5. The molecule has 0 saturated heterocycles. The van der Waals surface area contributed by atoms with E-state index in [-0.39, 0.29) is 0 Å². The van der Waals surface area contributed by atoms with E-state index >= 15 is 0 Å². The van der Waals surface area contributed by atoms with Crippen molar-refractivity contribution in [2.75, 3.05) is 59.7 Å². The average Bonchev–Trinajstić information content (AvgIpc) is 0.746. The molecular weight excluding hydrogens is 1310 g/mol. The topological polar surface area (TPSA) is 16.2 Å². The number of rotatable bonds is 0. The minimum Gasteiger partial charge on any atom is -0.344 e. The van der Waals surface area contributed by atoms with Crippen molar-refractivity contribution in [3.8, 4) is 44.5 Å². The molecule has 0 aromatic heterocycles. The molecule has 1 unspecified atom stereocenters. The second kappa shape index (κ2) is 29.8. The molecule has 0 amide bonds. The van der Waals surface area contributed by atoms with Crippen LogP contribution in [0, 0.1) is 0 Å². The number of anilines is 10. The monoisotopic (exact) mass is 1400 g/mol. The molecule has 23 rings (SSSR count). The Balaban J connectivity index is 0.000000101. The van der Waals surface area contributed by atoms with Crippen LogP contribution in [0.15, 0.2) is 322 Å². The van der Waals surface area contributed by atoms with Gasteiger partial charge in [0.1, 0.15) is 0 Å². The first-order valence-corrected chi connectivity index (χ1v) is 38.9. The third kappa shape index (κ3) is 11.8. The first-order valence-electron chi connectivity index (χ1n) is 38.9. The summed E-state index contributed by atoms with van der Waals surface area (Å²) in [6, 6.07) is 116. The highest BCUT2D eigenvalue weighted by Crippen LogP contribution is 2.55. The van der Waals surface area contributed by atoms with Gasteiger partial charge in [0.25, 0.3) is 0 Å². The summed E-state index contributed by atoms with van der Waals surface area (Å²) in [5.41, 5.74) is 28.5. The predicted octanol–water partition coefficient (Wildman–Crippen LogP) is 29.1. The quantitative estimate of drug-likeness (QED) is 0.150. The van der Waals surface area contributed by atoms with Gasteiger partial charge in [0, 0.05) is 142 Å². The summed E-state index contributed by atoms with van der Waals surface area (Å²) in [5.74, 6) is 0.623. The van der Waals surface area contributed by atoms with E-state index in [1.165, 1.54) is 202 Å². The van der Waals surface area contributed by atoms with Gasteiger partial charge in [-0.1, -0.05) is 302 Å². The summed E-state index contributed by atoms with van der Waals surface area (Å²) in [5, 5.41) is 18.5. The van der Waals surface area contributed by atoms with Gasteiger partial charge in [-0.2, -0.15) is 0 Å². The van der Waals surface area contributed by atoms with E-state index < -0.39 is 0 Å². The fraction of sp³-hybridized carbons (Fsp3) is 0.146. The van der Waals surface area contributed by atoms with E-state index in [1.807, 2.05) is 41.5 Å². The SMILES string of the molecule is CC.CC.CC.CN1c2c(ccc3ccccc23)-c2cccc3cccc1c23.CN1c2cc3ccccc3cc2-c2cccc3cccc1c23.CN1c2ccc3ccccc3c2-c2cccc3cccc1c23.CN1c2ccccc2-c2cccc3cccc1c23.CN1c2ccccc2C2CCCc3cccc1c32. The van der Waals surface area contributed by atoms with Gasteiger partial charge in [-0.25, -0.2) is 0 Å². The van der Waals surface area contributed by atoms with Crippen molar-refractivity contribution in [3.63, 3.8) is 0 Å². The third-order valence-electron chi connectivity index (χ3n) is 22.6. The van der Waals surface area contributed by atoms with Gasteiger partial charge < -0.3 is 24.5 Å². The zero-order valence-electron chi connectivity index (χ0n) is 64.0. The van der Waals surface area contributed by atoms with Gasteiger partial charge in [0.15, 0.2) is 0 Å². The highest BCUT2D eigenvalue weighted by atomic mass is 15.1. The number of benzene rings is 17. The Morgan fingerprint density at radius 3 is 1.22 bits per heavy atom. The van der Waals surface area contributed by atoms with Crippen molar-refractivity contribution >= 4 is 132 Å². The molecule has 5 heterocycles. The summed E-state index contributed by atoms with van der Waals surface area (Å²) >= 11 is 0. The largest absolute Gasteiger partial charge is 0.344 e. The maximum atomic E-state index is 2.36. The van der Waals surface area contributed by atoms with E-state index in [0.717, 1.165) is 0 Å². The lowest BCUT2D eigenvalue weighted by molar-refractivity contribution is 0.609. The van der Waals surface area contributed by atoms with Crippen molar-refractivity contribution in [1.29, 1.82) is 0 Å². The molecule has 5 heteroatoms. The Hall–Kier alpha value is -12.4. The van der Waals surface area contributed by atoms with E-state index in [0.29, 0.717) is 5.92 Å². The van der Waals surface area contributed by atoms with E-state index in [2.05, 4.69) is 381 Å². The highest BCUT2D eigenvalue weighted by Gasteiger charge is 2.33. The number of aryl methyl sites for hydroxylation is 1. The van der Waals surface area contributed by atoms with Crippen molar-refractivity contribution in [2.24, 2.45) is 0 Å². The van der Waals surface area contributed by atoms with Crippen molar-refractivity contribution in [2.45, 2.75) is 66.7 Å². The fourth-order valence-electron chi connectivity index (χ4n) is 17.8. The molecule has 5 aliphatic heterocycles. The molecule has 1 aliphatic carbocycles. The number of hydrogen-bond acceptors (Lipinski definition) is 5. The summed E-state index contributed by atoms with van der Waals surface area (Å²) in [4.78, 5) is 11.6. The Morgan fingerprint density at radius 2 is 0.620 bits per heavy atom. The Kier molecular flexibility index (Phi) is 19.3. The molecule has 0 spiro atoms. The molecule has 530 valence electrons. The number of fused-ring (bicyclic) bond motifs is 15. The predicted molar refractivity (Wildman–Crippen MR) is 472 cm³/mol. The van der Waals surface area contributed by atoms with Gasteiger partial charge in [-0.15, -0.1) is 0 Å². The maximum Gasteiger partial charge on any atom is 0.0567 e. The van der Waals surface area contributed by atoms with E-state index in [4.69, 9.17) is 0 Å². The highest BCUT2D eigenvalue weighted by molar-refractivity contribution is 6.20. The fourth-order valence-corrected chi connectivity index (χ4v) is 17.8. The van der Waals surface area contributed by atoms with Crippen LogP contribution in [-0.4, -0.2) is 35.2 Å². The van der Waals surface area contributed by atoms with Crippen molar-refractivity contribution < 1.29 is 0 Å². The second-order valence-corrected chi connectivity index (χ2v) is 28.0. The molecule has 0 N–H and O–H groups in total. The molecule has 17 aromatic carbocycles. The van der Waals surface area contributed by atoms with Crippen LogP contribution in [0.2, 0.25) is 0 Å². The molecule has 6 aliphatic rings. The molecule has 17 aromatic rings. The van der Waals surface area contributed by atoms with Crippen LogP contribution in [0.4, 0.5) is 56.9 Å². The standard InChI is InChI=1S/3C21H15N.C17H17N.C17H13N.3C2H6/c1-22-19-11-5-8-15-7-4-10-17(20(15)19)18-13-12-14-6-2-3-9-16(14)21(18)22;1-22-18-11-5-8-15-7-4-10-17(20(15)18)21-16-9-3-2-6-14(16)12-13-19(21)22;1-22-19-11-5-9-14-8-4-10-17(21(14)19)18-12-15-6-2-3-7-16(15)13-20(18)22;2*1-18-15-10-3-2-8-13(15)14-9-4-6-12-7-5-11-16(18)17(12)14;3*1-2/h3*2-13H,1H3;2-3,5,7-8,10-11,14H,4,6,9H2,1H3;2-11H,1H3;3*1-2H3. The van der Waals surface area contributed by atoms with Crippen molar-refractivity contribution in [3.05, 3.63) is 338 Å². The van der Waals surface area contributed by atoms with Gasteiger partial charge in [0.05, 0.1) is 5.69 Å². The van der Waals surface area contributed by atoms with Crippen LogP contribution in [0.3, 0.4) is 0 Å².